The number of likely N-dealkylation sites (tertiary alicyclic amines) is 1. The number of urea groups is 1. The van der Waals surface area contributed by atoms with Crippen molar-refractivity contribution >= 4 is 17.6 Å². The van der Waals surface area contributed by atoms with Gasteiger partial charge in [0, 0.05) is 25.3 Å². The third-order valence-electron chi connectivity index (χ3n) is 3.74. The Morgan fingerprint density at radius 1 is 1.09 bits per heavy atom. The second-order valence-corrected chi connectivity index (χ2v) is 5.60. The second kappa shape index (κ2) is 9.02. The van der Waals surface area contributed by atoms with Gasteiger partial charge >= 0.3 is 6.03 Å². The summed E-state index contributed by atoms with van der Waals surface area (Å²) in [5.41, 5.74) is 0.726. The third kappa shape index (κ3) is 5.81. The normalized spacial score (nSPS) is 14.7. The van der Waals surface area contributed by atoms with Crippen LogP contribution in [-0.2, 0) is 4.79 Å². The number of carbonyl (C=O) groups is 2. The fraction of sp³-hybridized carbons (Fsp3) is 0.529. The molecule has 1 heterocycles. The van der Waals surface area contributed by atoms with E-state index < -0.39 is 0 Å². The van der Waals surface area contributed by atoms with Gasteiger partial charge < -0.3 is 20.3 Å². The first kappa shape index (κ1) is 17.1. The summed E-state index contributed by atoms with van der Waals surface area (Å²) in [7, 11) is 0. The van der Waals surface area contributed by atoms with Crippen molar-refractivity contribution in [2.24, 2.45) is 0 Å². The number of rotatable bonds is 5. The Morgan fingerprint density at radius 3 is 2.35 bits per heavy atom. The van der Waals surface area contributed by atoms with Crippen LogP contribution in [0.1, 0.15) is 32.6 Å². The SMILES string of the molecule is CCNC(=O)COc1ccc(NC(=O)N2CCCCCC2)cc1. The van der Waals surface area contributed by atoms with Crippen molar-refractivity contribution in [2.75, 3.05) is 31.6 Å². The molecule has 1 saturated heterocycles. The summed E-state index contributed by atoms with van der Waals surface area (Å²) >= 11 is 0. The van der Waals surface area contributed by atoms with Crippen LogP contribution in [-0.4, -0.2) is 43.1 Å². The van der Waals surface area contributed by atoms with E-state index in [-0.39, 0.29) is 18.5 Å². The van der Waals surface area contributed by atoms with Crippen molar-refractivity contribution in [3.8, 4) is 5.75 Å². The molecule has 0 radical (unpaired) electrons. The van der Waals surface area contributed by atoms with E-state index in [1.54, 1.807) is 24.3 Å². The van der Waals surface area contributed by atoms with Gasteiger partial charge in [-0.1, -0.05) is 12.8 Å². The summed E-state index contributed by atoms with van der Waals surface area (Å²) in [5, 5.41) is 5.57. The molecule has 2 N–H and O–H groups in total. The number of amides is 3. The average Bonchev–Trinajstić information content (AvgIpc) is 2.84. The van der Waals surface area contributed by atoms with Gasteiger partial charge in [-0.3, -0.25) is 4.79 Å². The predicted octanol–water partition coefficient (Wildman–Crippen LogP) is 2.61. The first-order valence-electron chi connectivity index (χ1n) is 8.24. The van der Waals surface area contributed by atoms with E-state index in [1.807, 2.05) is 11.8 Å². The van der Waals surface area contributed by atoms with Crippen molar-refractivity contribution < 1.29 is 14.3 Å². The van der Waals surface area contributed by atoms with Crippen molar-refractivity contribution in [1.82, 2.24) is 10.2 Å². The zero-order chi connectivity index (χ0) is 16.5. The Bertz CT molecular complexity index is 508. The number of ether oxygens (including phenoxy) is 1. The molecule has 1 aliphatic heterocycles. The molecule has 3 amide bonds. The van der Waals surface area contributed by atoms with E-state index in [0.717, 1.165) is 31.6 Å². The van der Waals surface area contributed by atoms with Gasteiger partial charge in [-0.05, 0) is 44.0 Å². The smallest absolute Gasteiger partial charge is 0.321 e. The molecule has 0 spiro atoms. The molecule has 1 aromatic rings. The Morgan fingerprint density at radius 2 is 1.74 bits per heavy atom. The first-order valence-corrected chi connectivity index (χ1v) is 8.24. The van der Waals surface area contributed by atoms with Gasteiger partial charge in [-0.25, -0.2) is 4.79 Å². The maximum Gasteiger partial charge on any atom is 0.321 e. The Balaban J connectivity index is 1.82. The standard InChI is InChI=1S/C17H25N3O3/c1-2-18-16(21)13-23-15-9-7-14(8-10-15)19-17(22)20-11-5-3-4-6-12-20/h7-10H,2-6,11-13H2,1H3,(H,18,21)(H,19,22). The van der Waals surface area contributed by atoms with E-state index >= 15 is 0 Å². The fourth-order valence-corrected chi connectivity index (χ4v) is 2.51. The van der Waals surface area contributed by atoms with Crippen LogP contribution in [0, 0.1) is 0 Å². The van der Waals surface area contributed by atoms with Crippen molar-refractivity contribution in [3.05, 3.63) is 24.3 Å². The van der Waals surface area contributed by atoms with Crippen LogP contribution < -0.4 is 15.4 Å². The minimum absolute atomic E-state index is 0.00662. The number of nitrogens with zero attached hydrogens (tertiary/aromatic N) is 1. The molecule has 0 bridgehead atoms. The molecule has 0 aromatic heterocycles. The van der Waals surface area contributed by atoms with Gasteiger partial charge in [0.1, 0.15) is 5.75 Å². The van der Waals surface area contributed by atoms with Crippen LogP contribution in [0.25, 0.3) is 0 Å². The predicted molar refractivity (Wildman–Crippen MR) is 89.7 cm³/mol. The van der Waals surface area contributed by atoms with Crippen LogP contribution in [0.5, 0.6) is 5.75 Å². The van der Waals surface area contributed by atoms with Crippen LogP contribution in [0.4, 0.5) is 10.5 Å². The zero-order valence-corrected chi connectivity index (χ0v) is 13.6. The topological polar surface area (TPSA) is 70.7 Å². The summed E-state index contributed by atoms with van der Waals surface area (Å²) in [6.07, 6.45) is 4.53. The quantitative estimate of drug-likeness (QED) is 0.876. The van der Waals surface area contributed by atoms with Crippen molar-refractivity contribution in [3.63, 3.8) is 0 Å². The van der Waals surface area contributed by atoms with Gasteiger partial charge in [0.2, 0.25) is 0 Å². The summed E-state index contributed by atoms with van der Waals surface area (Å²) in [5.74, 6) is 0.454. The van der Waals surface area contributed by atoms with Crippen molar-refractivity contribution in [2.45, 2.75) is 32.6 Å². The summed E-state index contributed by atoms with van der Waals surface area (Å²) in [6, 6.07) is 7.00. The van der Waals surface area contributed by atoms with E-state index in [9.17, 15) is 9.59 Å². The molecule has 0 aliphatic carbocycles. The van der Waals surface area contributed by atoms with E-state index in [0.29, 0.717) is 12.3 Å². The summed E-state index contributed by atoms with van der Waals surface area (Å²) in [6.45, 7) is 4.08. The van der Waals surface area contributed by atoms with Gasteiger partial charge in [0.05, 0.1) is 0 Å². The number of benzene rings is 1. The number of nitrogens with one attached hydrogen (secondary N) is 2. The lowest BCUT2D eigenvalue weighted by Crippen LogP contribution is -2.35. The molecular formula is C17H25N3O3. The number of anilines is 1. The van der Waals surface area contributed by atoms with Gasteiger partial charge in [-0.15, -0.1) is 0 Å². The molecule has 1 fully saturated rings. The molecular weight excluding hydrogens is 294 g/mol. The third-order valence-corrected chi connectivity index (χ3v) is 3.74. The van der Waals surface area contributed by atoms with Gasteiger partial charge in [-0.2, -0.15) is 0 Å². The maximum atomic E-state index is 12.2. The minimum Gasteiger partial charge on any atom is -0.484 e. The lowest BCUT2D eigenvalue weighted by Gasteiger charge is -2.20. The van der Waals surface area contributed by atoms with Crippen molar-refractivity contribution in [1.29, 1.82) is 0 Å². The summed E-state index contributed by atoms with van der Waals surface area (Å²) in [4.78, 5) is 25.4. The Labute approximate surface area is 137 Å². The number of likely N-dealkylation sites (N-methyl/N-ethyl adjacent to an activating group) is 1. The monoisotopic (exact) mass is 319 g/mol. The lowest BCUT2D eigenvalue weighted by molar-refractivity contribution is -0.122. The van der Waals surface area contributed by atoms with E-state index in [2.05, 4.69) is 10.6 Å². The van der Waals surface area contributed by atoms with Crippen LogP contribution in [0.3, 0.4) is 0 Å². The molecule has 1 aromatic carbocycles. The highest BCUT2D eigenvalue weighted by Gasteiger charge is 2.15. The Hall–Kier alpha value is -2.24. The Kier molecular flexibility index (Phi) is 6.72. The average molecular weight is 319 g/mol. The maximum absolute atomic E-state index is 12.2. The molecule has 1 aliphatic rings. The number of carbonyl (C=O) groups excluding carboxylic acids is 2. The number of hydrogen-bond acceptors (Lipinski definition) is 3. The largest absolute Gasteiger partial charge is 0.484 e. The van der Waals surface area contributed by atoms with E-state index in [1.165, 1.54) is 12.8 Å². The highest BCUT2D eigenvalue weighted by atomic mass is 16.5. The molecule has 0 atom stereocenters. The zero-order valence-electron chi connectivity index (χ0n) is 13.6. The van der Waals surface area contributed by atoms with Gasteiger partial charge in [0.15, 0.2) is 6.61 Å². The molecule has 0 unspecified atom stereocenters. The highest BCUT2D eigenvalue weighted by Crippen LogP contribution is 2.17. The first-order chi connectivity index (χ1) is 11.2. The molecule has 2 rings (SSSR count). The molecule has 0 saturated carbocycles. The molecule has 23 heavy (non-hydrogen) atoms. The number of hydrogen-bond donors (Lipinski definition) is 2. The highest BCUT2D eigenvalue weighted by molar-refractivity contribution is 5.89. The van der Waals surface area contributed by atoms with Crippen LogP contribution >= 0.6 is 0 Å². The van der Waals surface area contributed by atoms with Crippen LogP contribution in [0.2, 0.25) is 0 Å². The minimum atomic E-state index is -0.147. The van der Waals surface area contributed by atoms with Crippen LogP contribution in [0.15, 0.2) is 24.3 Å². The molecule has 6 heteroatoms. The van der Waals surface area contributed by atoms with E-state index in [4.69, 9.17) is 4.74 Å². The second-order valence-electron chi connectivity index (χ2n) is 5.60. The summed E-state index contributed by atoms with van der Waals surface area (Å²) < 4.78 is 5.38. The van der Waals surface area contributed by atoms with Gasteiger partial charge in [0.25, 0.3) is 5.91 Å². The fourth-order valence-electron chi connectivity index (χ4n) is 2.51. The molecule has 6 nitrogen and oxygen atoms in total. The lowest BCUT2D eigenvalue weighted by atomic mass is 10.2. The molecule has 126 valence electrons.